The van der Waals surface area contributed by atoms with Gasteiger partial charge in [-0.2, -0.15) is 0 Å². The SMILES string of the molecule is Cc1ccccc1C(=O)NC1CCN(CC(=O)NC(c2ccccc2)c2nccs2)CC1. The van der Waals surface area contributed by atoms with Gasteiger partial charge in [0.15, 0.2) is 0 Å². The number of aromatic nitrogens is 1. The Morgan fingerprint density at radius 3 is 2.50 bits per heavy atom. The maximum Gasteiger partial charge on any atom is 0.251 e. The molecule has 7 heteroatoms. The number of nitrogens with zero attached hydrogens (tertiary/aromatic N) is 2. The van der Waals surface area contributed by atoms with Gasteiger partial charge in [-0.1, -0.05) is 48.5 Å². The summed E-state index contributed by atoms with van der Waals surface area (Å²) in [6.07, 6.45) is 3.43. The minimum atomic E-state index is -0.241. The van der Waals surface area contributed by atoms with E-state index in [4.69, 9.17) is 0 Å². The molecule has 4 rings (SSSR count). The number of carbonyl (C=O) groups excluding carboxylic acids is 2. The molecule has 0 saturated carbocycles. The fourth-order valence-corrected chi connectivity index (χ4v) is 4.76. The average Bonchev–Trinajstić information content (AvgIpc) is 3.34. The number of benzene rings is 2. The molecule has 6 nitrogen and oxygen atoms in total. The molecule has 1 aliphatic heterocycles. The maximum absolute atomic E-state index is 12.8. The van der Waals surface area contributed by atoms with Crippen LogP contribution in [0.4, 0.5) is 0 Å². The van der Waals surface area contributed by atoms with Gasteiger partial charge in [-0.3, -0.25) is 14.5 Å². The highest BCUT2D eigenvalue weighted by Gasteiger charge is 2.25. The molecule has 1 aromatic heterocycles. The van der Waals surface area contributed by atoms with Crippen molar-refractivity contribution in [3.63, 3.8) is 0 Å². The lowest BCUT2D eigenvalue weighted by Crippen LogP contribution is -2.47. The van der Waals surface area contributed by atoms with Crippen molar-refractivity contribution in [1.29, 1.82) is 0 Å². The van der Waals surface area contributed by atoms with E-state index in [1.165, 1.54) is 11.3 Å². The molecule has 166 valence electrons. The van der Waals surface area contributed by atoms with Gasteiger partial charge in [0.2, 0.25) is 5.91 Å². The van der Waals surface area contributed by atoms with Crippen LogP contribution in [-0.4, -0.2) is 47.4 Å². The van der Waals surface area contributed by atoms with Crippen LogP contribution < -0.4 is 10.6 Å². The first kappa shape index (κ1) is 22.2. The lowest BCUT2D eigenvalue weighted by atomic mass is 10.0. The summed E-state index contributed by atoms with van der Waals surface area (Å²) < 4.78 is 0. The Bertz CT molecular complexity index is 1030. The number of nitrogens with one attached hydrogen (secondary N) is 2. The molecule has 1 saturated heterocycles. The third kappa shape index (κ3) is 5.60. The number of hydrogen-bond acceptors (Lipinski definition) is 5. The van der Waals surface area contributed by atoms with Crippen molar-refractivity contribution in [3.05, 3.63) is 87.9 Å². The molecule has 3 aromatic rings. The Morgan fingerprint density at radius 1 is 1.09 bits per heavy atom. The van der Waals surface area contributed by atoms with Gasteiger partial charge < -0.3 is 10.6 Å². The number of piperidine rings is 1. The van der Waals surface area contributed by atoms with Crippen molar-refractivity contribution in [2.75, 3.05) is 19.6 Å². The predicted molar refractivity (Wildman–Crippen MR) is 127 cm³/mol. The summed E-state index contributed by atoms with van der Waals surface area (Å²) in [4.78, 5) is 32.0. The summed E-state index contributed by atoms with van der Waals surface area (Å²) in [5.41, 5.74) is 2.73. The van der Waals surface area contributed by atoms with Crippen LogP contribution in [0.15, 0.2) is 66.2 Å². The van der Waals surface area contributed by atoms with E-state index in [1.54, 1.807) is 6.20 Å². The van der Waals surface area contributed by atoms with Gasteiger partial charge in [0, 0.05) is 36.3 Å². The van der Waals surface area contributed by atoms with E-state index in [0.717, 1.165) is 47.6 Å². The molecular formula is C25H28N4O2S. The number of carbonyl (C=O) groups is 2. The standard InChI is InChI=1S/C25H28N4O2S/c1-18-7-5-6-10-21(18)24(31)27-20-11-14-29(15-12-20)17-22(30)28-23(25-26-13-16-32-25)19-8-3-2-4-9-19/h2-10,13,16,20,23H,11-12,14-15,17H2,1H3,(H,27,31)(H,28,30). The molecule has 1 aliphatic rings. The maximum atomic E-state index is 12.8. The summed E-state index contributed by atoms with van der Waals surface area (Å²) in [6, 6.07) is 17.4. The Kier molecular flexibility index (Phi) is 7.29. The van der Waals surface area contributed by atoms with Crippen molar-refractivity contribution in [2.24, 2.45) is 0 Å². The van der Waals surface area contributed by atoms with E-state index in [0.29, 0.717) is 6.54 Å². The fraction of sp³-hybridized carbons (Fsp3) is 0.320. The second kappa shape index (κ2) is 10.5. The van der Waals surface area contributed by atoms with Crippen molar-refractivity contribution < 1.29 is 9.59 Å². The molecule has 0 radical (unpaired) electrons. The Hall–Kier alpha value is -3.03. The fourth-order valence-electron chi connectivity index (χ4n) is 4.05. The Balaban J connectivity index is 1.28. The quantitative estimate of drug-likeness (QED) is 0.580. The molecule has 1 atom stereocenters. The monoisotopic (exact) mass is 448 g/mol. The van der Waals surface area contributed by atoms with E-state index < -0.39 is 0 Å². The zero-order valence-corrected chi connectivity index (χ0v) is 19.0. The Morgan fingerprint density at radius 2 is 1.81 bits per heavy atom. The van der Waals surface area contributed by atoms with E-state index in [9.17, 15) is 9.59 Å². The first-order valence-electron chi connectivity index (χ1n) is 10.9. The second-order valence-corrected chi connectivity index (χ2v) is 9.05. The van der Waals surface area contributed by atoms with Crippen LogP contribution in [0.3, 0.4) is 0 Å². The van der Waals surface area contributed by atoms with Crippen molar-refractivity contribution >= 4 is 23.2 Å². The summed E-state index contributed by atoms with van der Waals surface area (Å²) in [5, 5.41) is 9.10. The van der Waals surface area contributed by atoms with E-state index in [1.807, 2.05) is 66.9 Å². The first-order chi connectivity index (χ1) is 15.6. The van der Waals surface area contributed by atoms with Gasteiger partial charge in [0.05, 0.1) is 6.54 Å². The number of likely N-dealkylation sites (tertiary alicyclic amines) is 1. The minimum Gasteiger partial charge on any atom is -0.349 e. The lowest BCUT2D eigenvalue weighted by molar-refractivity contribution is -0.123. The molecule has 32 heavy (non-hydrogen) atoms. The zero-order valence-electron chi connectivity index (χ0n) is 18.2. The van der Waals surface area contributed by atoms with Gasteiger partial charge in [0.25, 0.3) is 5.91 Å². The number of amides is 2. The first-order valence-corrected chi connectivity index (χ1v) is 11.8. The van der Waals surface area contributed by atoms with Gasteiger partial charge in [-0.25, -0.2) is 4.98 Å². The van der Waals surface area contributed by atoms with Crippen LogP contribution in [-0.2, 0) is 4.79 Å². The lowest BCUT2D eigenvalue weighted by Gasteiger charge is -2.32. The highest BCUT2D eigenvalue weighted by molar-refractivity contribution is 7.09. The van der Waals surface area contributed by atoms with Gasteiger partial charge in [0.1, 0.15) is 11.0 Å². The van der Waals surface area contributed by atoms with Crippen molar-refractivity contribution in [1.82, 2.24) is 20.5 Å². The van der Waals surface area contributed by atoms with Crippen LogP contribution >= 0.6 is 11.3 Å². The molecule has 0 bridgehead atoms. The highest BCUT2D eigenvalue weighted by atomic mass is 32.1. The van der Waals surface area contributed by atoms with Crippen LogP contribution in [0.1, 0.15) is 45.4 Å². The van der Waals surface area contributed by atoms with Crippen LogP contribution in [0.5, 0.6) is 0 Å². The van der Waals surface area contributed by atoms with Gasteiger partial charge in [-0.15, -0.1) is 11.3 Å². The molecule has 2 heterocycles. The van der Waals surface area contributed by atoms with Crippen LogP contribution in [0, 0.1) is 6.92 Å². The average molecular weight is 449 g/mol. The summed E-state index contributed by atoms with van der Waals surface area (Å²) in [5.74, 6) is -0.0371. The molecule has 1 unspecified atom stereocenters. The van der Waals surface area contributed by atoms with Crippen LogP contribution in [0.25, 0.3) is 0 Å². The van der Waals surface area contributed by atoms with E-state index in [2.05, 4.69) is 20.5 Å². The second-order valence-electron chi connectivity index (χ2n) is 8.12. The minimum absolute atomic E-state index is 0.0172. The largest absolute Gasteiger partial charge is 0.349 e. The van der Waals surface area contributed by atoms with Gasteiger partial charge in [-0.05, 0) is 37.0 Å². The predicted octanol–water partition coefficient (Wildman–Crippen LogP) is 3.55. The summed E-state index contributed by atoms with van der Waals surface area (Å²) in [6.45, 7) is 3.84. The number of aryl methyl sites for hydroxylation is 1. The summed E-state index contributed by atoms with van der Waals surface area (Å²) >= 11 is 1.54. The summed E-state index contributed by atoms with van der Waals surface area (Å²) in [7, 11) is 0. The highest BCUT2D eigenvalue weighted by Crippen LogP contribution is 2.23. The normalized spacial score (nSPS) is 15.8. The molecule has 1 fully saturated rings. The van der Waals surface area contributed by atoms with Crippen molar-refractivity contribution in [3.8, 4) is 0 Å². The van der Waals surface area contributed by atoms with E-state index in [-0.39, 0.29) is 23.9 Å². The van der Waals surface area contributed by atoms with E-state index >= 15 is 0 Å². The third-order valence-electron chi connectivity index (χ3n) is 5.82. The zero-order chi connectivity index (χ0) is 22.3. The molecule has 0 spiro atoms. The number of hydrogen-bond donors (Lipinski definition) is 2. The molecule has 2 amide bonds. The van der Waals surface area contributed by atoms with Gasteiger partial charge >= 0.3 is 0 Å². The van der Waals surface area contributed by atoms with Crippen molar-refractivity contribution in [2.45, 2.75) is 31.8 Å². The molecule has 2 N–H and O–H groups in total. The van der Waals surface area contributed by atoms with Crippen LogP contribution in [0.2, 0.25) is 0 Å². The Labute approximate surface area is 192 Å². The molecule has 0 aliphatic carbocycles. The third-order valence-corrected chi connectivity index (χ3v) is 6.66. The number of rotatable bonds is 7. The molecular weight excluding hydrogens is 420 g/mol. The molecule has 2 aromatic carbocycles. The number of thiazole rings is 1. The topological polar surface area (TPSA) is 74.3 Å². The smallest absolute Gasteiger partial charge is 0.251 e.